The molecule has 0 aliphatic carbocycles. The maximum absolute atomic E-state index is 12.2. The molecule has 1 fully saturated rings. The molecule has 21 heavy (non-hydrogen) atoms. The lowest BCUT2D eigenvalue weighted by Gasteiger charge is -2.39. The minimum absolute atomic E-state index is 0.0337. The maximum atomic E-state index is 12.2. The van der Waals surface area contributed by atoms with Crippen LogP contribution in [-0.2, 0) is 9.59 Å². The Morgan fingerprint density at radius 2 is 1.95 bits per heavy atom. The van der Waals surface area contributed by atoms with Gasteiger partial charge >= 0.3 is 0 Å². The first-order chi connectivity index (χ1) is 9.64. The van der Waals surface area contributed by atoms with Crippen molar-refractivity contribution in [2.45, 2.75) is 72.0 Å². The van der Waals surface area contributed by atoms with Crippen LogP contribution < -0.4 is 10.6 Å². The number of amides is 2. The number of nitrogens with one attached hydrogen (secondary N) is 2. The van der Waals surface area contributed by atoms with Gasteiger partial charge in [0.25, 0.3) is 0 Å². The molecule has 1 saturated heterocycles. The van der Waals surface area contributed by atoms with E-state index in [9.17, 15) is 9.59 Å². The second-order valence-corrected chi connectivity index (χ2v) is 7.16. The zero-order valence-corrected chi connectivity index (χ0v) is 14.3. The molecule has 1 rings (SSSR count). The highest BCUT2D eigenvalue weighted by Gasteiger charge is 2.31. The van der Waals surface area contributed by atoms with E-state index in [0.717, 1.165) is 25.9 Å². The van der Waals surface area contributed by atoms with Gasteiger partial charge in [-0.05, 0) is 40.0 Å². The monoisotopic (exact) mass is 297 g/mol. The van der Waals surface area contributed by atoms with Gasteiger partial charge in [0, 0.05) is 31.6 Å². The number of carbonyl (C=O) groups excluding carboxylic acids is 2. The van der Waals surface area contributed by atoms with Gasteiger partial charge in [-0.15, -0.1) is 0 Å². The number of piperidine rings is 1. The molecule has 0 unspecified atom stereocenters. The Balaban J connectivity index is 2.57. The van der Waals surface area contributed by atoms with E-state index >= 15 is 0 Å². The summed E-state index contributed by atoms with van der Waals surface area (Å²) in [5.74, 6) is 0.587. The fraction of sp³-hybridized carbons (Fsp3) is 0.875. The van der Waals surface area contributed by atoms with Gasteiger partial charge in [0.1, 0.15) is 0 Å². The van der Waals surface area contributed by atoms with Crippen LogP contribution in [-0.4, -0.2) is 47.4 Å². The van der Waals surface area contributed by atoms with E-state index in [4.69, 9.17) is 0 Å². The Hall–Kier alpha value is -1.10. The normalized spacial score (nSPS) is 24.6. The average molecular weight is 297 g/mol. The largest absolute Gasteiger partial charge is 0.350 e. The van der Waals surface area contributed by atoms with Crippen molar-refractivity contribution >= 4 is 11.8 Å². The molecule has 2 N–H and O–H groups in total. The molecule has 0 spiro atoms. The zero-order valence-electron chi connectivity index (χ0n) is 14.3. The number of hydrogen-bond donors (Lipinski definition) is 2. The number of carbonyl (C=O) groups is 2. The second kappa shape index (κ2) is 7.25. The molecular weight excluding hydrogens is 266 g/mol. The molecule has 5 heteroatoms. The lowest BCUT2D eigenvalue weighted by Crippen LogP contribution is -2.56. The van der Waals surface area contributed by atoms with Crippen LogP contribution in [0.4, 0.5) is 0 Å². The van der Waals surface area contributed by atoms with Crippen LogP contribution in [0.2, 0.25) is 0 Å². The third-order valence-electron chi connectivity index (χ3n) is 4.06. The first-order valence-electron chi connectivity index (χ1n) is 7.97. The molecule has 5 nitrogen and oxygen atoms in total. The van der Waals surface area contributed by atoms with Gasteiger partial charge in [-0.25, -0.2) is 0 Å². The van der Waals surface area contributed by atoms with Crippen LogP contribution in [0.1, 0.15) is 54.4 Å². The van der Waals surface area contributed by atoms with Gasteiger partial charge in [-0.2, -0.15) is 0 Å². The third kappa shape index (κ3) is 5.65. The first kappa shape index (κ1) is 18.0. The van der Waals surface area contributed by atoms with E-state index in [1.165, 1.54) is 0 Å². The molecule has 3 atom stereocenters. The first-order valence-corrected chi connectivity index (χ1v) is 7.97. The van der Waals surface area contributed by atoms with Crippen LogP contribution in [0, 0.1) is 5.92 Å². The Bertz CT molecular complexity index is 376. The van der Waals surface area contributed by atoms with E-state index in [0.29, 0.717) is 12.0 Å². The number of nitrogens with zero attached hydrogens (tertiary/aromatic N) is 1. The quantitative estimate of drug-likeness (QED) is 0.827. The van der Waals surface area contributed by atoms with Crippen molar-refractivity contribution in [1.82, 2.24) is 15.5 Å². The van der Waals surface area contributed by atoms with Gasteiger partial charge in [-0.1, -0.05) is 13.3 Å². The van der Waals surface area contributed by atoms with Crippen molar-refractivity contribution in [1.29, 1.82) is 0 Å². The molecule has 2 amide bonds. The molecule has 0 bridgehead atoms. The molecule has 0 saturated carbocycles. The van der Waals surface area contributed by atoms with E-state index in [1.54, 1.807) is 6.92 Å². The summed E-state index contributed by atoms with van der Waals surface area (Å²) in [6.45, 7) is 13.2. The van der Waals surface area contributed by atoms with Crippen LogP contribution in [0.5, 0.6) is 0 Å². The summed E-state index contributed by atoms with van der Waals surface area (Å²) >= 11 is 0. The predicted octanol–water partition coefficient (Wildman–Crippen LogP) is 1.53. The minimum atomic E-state index is -0.216. The molecule has 1 aliphatic heterocycles. The maximum Gasteiger partial charge on any atom is 0.237 e. The smallest absolute Gasteiger partial charge is 0.237 e. The van der Waals surface area contributed by atoms with Crippen molar-refractivity contribution in [3.05, 3.63) is 0 Å². The molecule has 1 heterocycles. The summed E-state index contributed by atoms with van der Waals surface area (Å²) in [7, 11) is 0. The number of rotatable bonds is 4. The summed E-state index contributed by atoms with van der Waals surface area (Å²) in [5, 5.41) is 6.45. The molecule has 122 valence electrons. The van der Waals surface area contributed by atoms with E-state index < -0.39 is 0 Å². The van der Waals surface area contributed by atoms with Crippen molar-refractivity contribution in [2.24, 2.45) is 5.92 Å². The van der Waals surface area contributed by atoms with Crippen LogP contribution in [0.3, 0.4) is 0 Å². The summed E-state index contributed by atoms with van der Waals surface area (Å²) < 4.78 is 0. The highest BCUT2D eigenvalue weighted by Crippen LogP contribution is 2.21. The summed E-state index contributed by atoms with van der Waals surface area (Å²) in [6.07, 6.45) is 1.92. The zero-order chi connectivity index (χ0) is 16.2. The van der Waals surface area contributed by atoms with Gasteiger partial charge in [-0.3, -0.25) is 9.59 Å². The van der Waals surface area contributed by atoms with Crippen molar-refractivity contribution in [3.8, 4) is 0 Å². The lowest BCUT2D eigenvalue weighted by molar-refractivity contribution is -0.131. The van der Waals surface area contributed by atoms with Crippen LogP contribution in [0.25, 0.3) is 0 Å². The highest BCUT2D eigenvalue weighted by molar-refractivity contribution is 5.82. The number of likely N-dealkylation sites (tertiary alicyclic amines) is 1. The predicted molar refractivity (Wildman–Crippen MR) is 84.9 cm³/mol. The minimum Gasteiger partial charge on any atom is -0.350 e. The molecule has 0 aromatic heterocycles. The van der Waals surface area contributed by atoms with E-state index in [2.05, 4.69) is 17.6 Å². The third-order valence-corrected chi connectivity index (χ3v) is 4.06. The standard InChI is InChI=1S/C16H31N3O2/c1-7-13-10-19(12(3)20)9-8-14(13)17-11(2)15(21)18-16(4,5)6/h11,13-14,17H,7-10H2,1-6H3,(H,18,21)/t11-,13+,14-/m0/s1. The van der Waals surface area contributed by atoms with Crippen molar-refractivity contribution in [3.63, 3.8) is 0 Å². The fourth-order valence-corrected chi connectivity index (χ4v) is 2.83. The number of hydrogen-bond acceptors (Lipinski definition) is 3. The van der Waals surface area contributed by atoms with E-state index in [-0.39, 0.29) is 23.4 Å². The van der Waals surface area contributed by atoms with Crippen LogP contribution in [0.15, 0.2) is 0 Å². The SMILES string of the molecule is CC[C@@H]1CN(C(C)=O)CC[C@@H]1N[C@@H](C)C(=O)NC(C)(C)C. The Labute approximate surface area is 128 Å². The molecule has 0 aromatic carbocycles. The van der Waals surface area contributed by atoms with Crippen LogP contribution >= 0.6 is 0 Å². The summed E-state index contributed by atoms with van der Waals surface area (Å²) in [4.78, 5) is 25.6. The summed E-state index contributed by atoms with van der Waals surface area (Å²) in [6, 6.07) is 0.0819. The van der Waals surface area contributed by atoms with Gasteiger partial charge in [0.2, 0.25) is 11.8 Å². The van der Waals surface area contributed by atoms with Crippen molar-refractivity contribution < 1.29 is 9.59 Å². The molecule has 1 aliphatic rings. The topological polar surface area (TPSA) is 61.4 Å². The van der Waals surface area contributed by atoms with E-state index in [1.807, 2.05) is 32.6 Å². The second-order valence-electron chi connectivity index (χ2n) is 7.16. The van der Waals surface area contributed by atoms with Gasteiger partial charge < -0.3 is 15.5 Å². The van der Waals surface area contributed by atoms with Crippen molar-refractivity contribution in [2.75, 3.05) is 13.1 Å². The Kier molecular flexibility index (Phi) is 6.20. The van der Waals surface area contributed by atoms with Gasteiger partial charge in [0.15, 0.2) is 0 Å². The molecule has 0 radical (unpaired) electrons. The van der Waals surface area contributed by atoms with Gasteiger partial charge in [0.05, 0.1) is 6.04 Å². The highest BCUT2D eigenvalue weighted by atomic mass is 16.2. The Morgan fingerprint density at radius 3 is 2.43 bits per heavy atom. The fourth-order valence-electron chi connectivity index (χ4n) is 2.83. The lowest BCUT2D eigenvalue weighted by atomic mass is 9.89. The summed E-state index contributed by atoms with van der Waals surface area (Å²) in [5.41, 5.74) is -0.213. The average Bonchev–Trinajstić information content (AvgIpc) is 2.36. The molecular formula is C16H31N3O2. The Morgan fingerprint density at radius 1 is 1.33 bits per heavy atom. The molecule has 0 aromatic rings.